The maximum absolute atomic E-state index is 12.2. The van der Waals surface area contributed by atoms with Gasteiger partial charge in [-0.25, -0.2) is 0 Å². The van der Waals surface area contributed by atoms with Crippen LogP contribution in [0, 0.1) is 0 Å². The predicted molar refractivity (Wildman–Crippen MR) is 83.7 cm³/mol. The Balaban J connectivity index is 1.76. The molecule has 7 heteroatoms. The number of aromatic nitrogens is 3. The molecule has 3 rings (SSSR count). The number of carbonyl (C=O) groups is 1. The number of anilines is 1. The van der Waals surface area contributed by atoms with Crippen molar-refractivity contribution < 1.29 is 9.21 Å². The van der Waals surface area contributed by atoms with Crippen molar-refractivity contribution in [1.29, 1.82) is 0 Å². The Bertz CT molecular complexity index is 789. The third-order valence-corrected chi connectivity index (χ3v) is 3.59. The summed E-state index contributed by atoms with van der Waals surface area (Å²) in [5, 5.41) is 10.3. The zero-order valence-corrected chi connectivity index (χ0v) is 12.5. The fourth-order valence-electron chi connectivity index (χ4n) is 1.80. The number of nitrogens with zero attached hydrogens (tertiary/aromatic N) is 3. The van der Waals surface area contributed by atoms with Gasteiger partial charge in [0.05, 0.1) is 0 Å². The van der Waals surface area contributed by atoms with Crippen LogP contribution in [0.25, 0.3) is 11.6 Å². The van der Waals surface area contributed by atoms with E-state index in [1.807, 2.05) is 24.5 Å². The first kappa shape index (κ1) is 14.3. The maximum atomic E-state index is 12.2. The number of rotatable bonds is 4. The van der Waals surface area contributed by atoms with Gasteiger partial charge in [-0.2, -0.15) is 0 Å². The Morgan fingerprint density at radius 1 is 1.18 bits per heavy atom. The van der Waals surface area contributed by atoms with Gasteiger partial charge in [0.2, 0.25) is 0 Å². The van der Waals surface area contributed by atoms with E-state index in [4.69, 9.17) is 4.42 Å². The molecule has 2 heterocycles. The van der Waals surface area contributed by atoms with Crippen molar-refractivity contribution in [1.82, 2.24) is 15.2 Å². The molecule has 0 aliphatic heterocycles. The number of nitrogens with one attached hydrogen (secondary N) is 1. The molecular weight excluding hydrogens is 300 g/mol. The number of carbonyl (C=O) groups excluding carboxylic acids is 1. The summed E-state index contributed by atoms with van der Waals surface area (Å²) in [5.74, 6) is -0.0408. The molecule has 1 aromatic carbocycles. The first-order valence-corrected chi connectivity index (χ1v) is 7.69. The smallest absolute Gasteiger partial charge is 0.322 e. The van der Waals surface area contributed by atoms with Crippen LogP contribution in [-0.4, -0.2) is 27.3 Å². The normalized spacial score (nSPS) is 10.4. The largest absolute Gasteiger partial charge is 0.401 e. The molecule has 6 nitrogen and oxygen atoms in total. The third kappa shape index (κ3) is 3.15. The molecule has 0 fully saturated rings. The lowest BCUT2D eigenvalue weighted by Gasteiger charge is -2.02. The average Bonchev–Trinajstić information content (AvgIpc) is 3.04. The zero-order chi connectivity index (χ0) is 15.4. The van der Waals surface area contributed by atoms with Crippen molar-refractivity contribution in [2.45, 2.75) is 4.90 Å². The van der Waals surface area contributed by atoms with Crippen molar-refractivity contribution in [3.8, 4) is 11.6 Å². The summed E-state index contributed by atoms with van der Waals surface area (Å²) < 4.78 is 5.40. The average molecular weight is 312 g/mol. The SMILES string of the molecule is CSc1cccc(C(=O)Nc2nnc(-c3ccccn3)o2)c1. The Labute approximate surface area is 131 Å². The minimum atomic E-state index is -0.299. The van der Waals surface area contributed by atoms with Gasteiger partial charge in [0.25, 0.3) is 11.8 Å². The molecule has 0 spiro atoms. The van der Waals surface area contributed by atoms with E-state index in [1.165, 1.54) is 0 Å². The lowest BCUT2D eigenvalue weighted by atomic mass is 10.2. The first-order valence-electron chi connectivity index (χ1n) is 6.46. The molecule has 0 saturated heterocycles. The predicted octanol–water partition coefficient (Wildman–Crippen LogP) is 3.11. The second-order valence-corrected chi connectivity index (χ2v) is 5.19. The molecule has 110 valence electrons. The molecule has 1 N–H and O–H groups in total. The number of pyridine rings is 1. The molecule has 2 aromatic heterocycles. The van der Waals surface area contributed by atoms with Crippen molar-refractivity contribution >= 4 is 23.7 Å². The van der Waals surface area contributed by atoms with Crippen molar-refractivity contribution in [3.63, 3.8) is 0 Å². The van der Waals surface area contributed by atoms with Crippen LogP contribution in [0.3, 0.4) is 0 Å². The summed E-state index contributed by atoms with van der Waals surface area (Å²) in [5.41, 5.74) is 1.09. The van der Waals surface area contributed by atoms with Crippen molar-refractivity contribution in [2.75, 3.05) is 11.6 Å². The van der Waals surface area contributed by atoms with E-state index in [9.17, 15) is 4.79 Å². The molecule has 0 radical (unpaired) electrons. The van der Waals surface area contributed by atoms with Gasteiger partial charge in [0.15, 0.2) is 0 Å². The van der Waals surface area contributed by atoms with Gasteiger partial charge in [0, 0.05) is 16.7 Å². The topological polar surface area (TPSA) is 80.9 Å². The minimum Gasteiger partial charge on any atom is -0.401 e. The van der Waals surface area contributed by atoms with Crippen LogP contribution >= 0.6 is 11.8 Å². The highest BCUT2D eigenvalue weighted by Crippen LogP contribution is 2.19. The maximum Gasteiger partial charge on any atom is 0.322 e. The highest BCUT2D eigenvalue weighted by molar-refractivity contribution is 7.98. The Morgan fingerprint density at radius 2 is 2.09 bits per heavy atom. The van der Waals surface area contributed by atoms with Crippen LogP contribution in [0.1, 0.15) is 10.4 Å². The van der Waals surface area contributed by atoms with Crippen LogP contribution in [0.2, 0.25) is 0 Å². The first-order chi connectivity index (χ1) is 10.8. The standard InChI is InChI=1S/C15H12N4O2S/c1-22-11-6-4-5-10(9-11)13(20)17-15-19-18-14(21-15)12-7-2-3-8-16-12/h2-9H,1H3,(H,17,19,20). The van der Waals surface area contributed by atoms with Crippen LogP contribution < -0.4 is 5.32 Å². The second-order valence-electron chi connectivity index (χ2n) is 4.31. The van der Waals surface area contributed by atoms with Gasteiger partial charge in [0.1, 0.15) is 5.69 Å². The van der Waals surface area contributed by atoms with Gasteiger partial charge in [-0.3, -0.25) is 15.1 Å². The highest BCUT2D eigenvalue weighted by Gasteiger charge is 2.13. The molecule has 0 unspecified atom stereocenters. The quantitative estimate of drug-likeness (QED) is 0.746. The van der Waals surface area contributed by atoms with Gasteiger partial charge >= 0.3 is 6.01 Å². The number of amides is 1. The Morgan fingerprint density at radius 3 is 2.86 bits per heavy atom. The summed E-state index contributed by atoms with van der Waals surface area (Å²) in [6, 6.07) is 12.7. The molecule has 1 amide bonds. The molecule has 0 saturated carbocycles. The van der Waals surface area contributed by atoms with Gasteiger partial charge in [-0.1, -0.05) is 17.2 Å². The summed E-state index contributed by atoms with van der Waals surface area (Å²) in [4.78, 5) is 17.3. The third-order valence-electron chi connectivity index (χ3n) is 2.86. The molecular formula is C15H12N4O2S. The van der Waals surface area contributed by atoms with Gasteiger partial charge < -0.3 is 4.42 Å². The molecule has 0 atom stereocenters. The zero-order valence-electron chi connectivity index (χ0n) is 11.7. The molecule has 22 heavy (non-hydrogen) atoms. The summed E-state index contributed by atoms with van der Waals surface area (Å²) >= 11 is 1.57. The number of benzene rings is 1. The van der Waals surface area contributed by atoms with Crippen molar-refractivity contribution in [3.05, 3.63) is 54.2 Å². The molecule has 3 aromatic rings. The summed E-state index contributed by atoms with van der Waals surface area (Å²) in [6.07, 6.45) is 3.58. The Kier molecular flexibility index (Phi) is 4.15. The van der Waals surface area contributed by atoms with Crippen LogP contribution in [0.15, 0.2) is 58.0 Å². The fourth-order valence-corrected chi connectivity index (χ4v) is 2.26. The van der Waals surface area contributed by atoms with E-state index in [0.717, 1.165) is 4.90 Å². The number of thioether (sulfide) groups is 1. The van der Waals surface area contributed by atoms with Crippen LogP contribution in [0.5, 0.6) is 0 Å². The van der Waals surface area contributed by atoms with E-state index < -0.39 is 0 Å². The molecule has 0 aliphatic carbocycles. The fraction of sp³-hybridized carbons (Fsp3) is 0.0667. The molecule has 0 aliphatic rings. The Hall–Kier alpha value is -2.67. The lowest BCUT2D eigenvalue weighted by molar-refractivity contribution is 0.102. The van der Waals surface area contributed by atoms with Crippen molar-refractivity contribution in [2.24, 2.45) is 0 Å². The number of hydrogen-bond acceptors (Lipinski definition) is 6. The van der Waals surface area contributed by atoms with E-state index in [2.05, 4.69) is 20.5 Å². The van der Waals surface area contributed by atoms with Gasteiger partial charge in [-0.05, 0) is 36.6 Å². The second kappa shape index (κ2) is 6.40. The summed E-state index contributed by atoms with van der Waals surface area (Å²) in [6.45, 7) is 0. The lowest BCUT2D eigenvalue weighted by Crippen LogP contribution is -2.12. The van der Waals surface area contributed by atoms with E-state index in [-0.39, 0.29) is 17.8 Å². The van der Waals surface area contributed by atoms with E-state index in [0.29, 0.717) is 11.3 Å². The van der Waals surface area contributed by atoms with E-state index in [1.54, 1.807) is 42.2 Å². The molecule has 0 bridgehead atoms. The summed E-state index contributed by atoms with van der Waals surface area (Å²) in [7, 11) is 0. The minimum absolute atomic E-state index is 0.0419. The monoisotopic (exact) mass is 312 g/mol. The van der Waals surface area contributed by atoms with Gasteiger partial charge in [-0.15, -0.1) is 16.9 Å². The number of hydrogen-bond donors (Lipinski definition) is 1. The van der Waals surface area contributed by atoms with Crippen LogP contribution in [-0.2, 0) is 0 Å². The van der Waals surface area contributed by atoms with Crippen LogP contribution in [0.4, 0.5) is 6.01 Å². The highest BCUT2D eigenvalue weighted by atomic mass is 32.2. The van der Waals surface area contributed by atoms with E-state index >= 15 is 0 Å².